The fourth-order valence-electron chi connectivity index (χ4n) is 4.68. The van der Waals surface area contributed by atoms with Crippen LogP contribution in [0.25, 0.3) is 0 Å². The molecule has 0 atom stereocenters. The zero-order valence-electron chi connectivity index (χ0n) is 18.7. The summed E-state index contributed by atoms with van der Waals surface area (Å²) in [5, 5.41) is 3.66. The Bertz CT molecular complexity index is 598. The Balaban J connectivity index is 0.00000320. The molecular formula is C24H40IN3O2. The lowest BCUT2D eigenvalue weighted by atomic mass is 9.79. The quantitative estimate of drug-likeness (QED) is 0.230. The van der Waals surface area contributed by atoms with Crippen molar-refractivity contribution in [1.29, 1.82) is 0 Å². The van der Waals surface area contributed by atoms with Crippen molar-refractivity contribution in [3.05, 3.63) is 35.9 Å². The molecule has 2 aliphatic rings. The molecule has 6 heteroatoms. The van der Waals surface area contributed by atoms with Crippen molar-refractivity contribution in [3.63, 3.8) is 0 Å². The molecule has 2 fully saturated rings. The van der Waals surface area contributed by atoms with E-state index in [9.17, 15) is 0 Å². The predicted molar refractivity (Wildman–Crippen MR) is 135 cm³/mol. The lowest BCUT2D eigenvalue weighted by molar-refractivity contribution is 0.00987. The first-order valence-corrected chi connectivity index (χ1v) is 11.4. The van der Waals surface area contributed by atoms with Gasteiger partial charge in [0, 0.05) is 47.0 Å². The van der Waals surface area contributed by atoms with E-state index in [1.165, 1.54) is 31.2 Å². The number of rotatable bonds is 8. The van der Waals surface area contributed by atoms with Crippen LogP contribution in [0, 0.1) is 5.92 Å². The van der Waals surface area contributed by atoms with Crippen LogP contribution in [-0.4, -0.2) is 64.0 Å². The molecule has 1 aliphatic carbocycles. The van der Waals surface area contributed by atoms with Crippen molar-refractivity contribution in [3.8, 4) is 0 Å². The number of ether oxygens (including phenoxy) is 2. The molecule has 0 aromatic heterocycles. The Labute approximate surface area is 200 Å². The minimum atomic E-state index is 0. The Hall–Kier alpha value is -0.860. The maximum absolute atomic E-state index is 5.98. The van der Waals surface area contributed by atoms with Crippen LogP contribution in [0.4, 0.5) is 0 Å². The standard InChI is InChI=1S/C24H39N3O2.HI/c1-25-24(27-15-13-23(14-16-27)29-18-6-17-28-2)26-19-20-9-11-22(12-10-20)21-7-4-3-5-8-21;/h3-5,7-8,20,22-23H,6,9-19H2,1-2H3,(H,25,26);1H. The fourth-order valence-corrected chi connectivity index (χ4v) is 4.68. The van der Waals surface area contributed by atoms with Gasteiger partial charge in [-0.05, 0) is 62.3 Å². The van der Waals surface area contributed by atoms with Crippen molar-refractivity contribution in [2.75, 3.05) is 47.0 Å². The molecule has 30 heavy (non-hydrogen) atoms. The molecule has 3 rings (SSSR count). The Morgan fingerprint density at radius 3 is 2.37 bits per heavy atom. The molecule has 1 aromatic rings. The summed E-state index contributed by atoms with van der Waals surface area (Å²) in [4.78, 5) is 6.94. The molecule has 1 aromatic carbocycles. The van der Waals surface area contributed by atoms with Crippen molar-refractivity contribution in [1.82, 2.24) is 10.2 Å². The molecule has 1 N–H and O–H groups in total. The molecule has 170 valence electrons. The Morgan fingerprint density at radius 1 is 1.03 bits per heavy atom. The van der Waals surface area contributed by atoms with Crippen LogP contribution < -0.4 is 5.32 Å². The number of methoxy groups -OCH3 is 1. The average Bonchev–Trinajstić information content (AvgIpc) is 2.79. The molecule has 1 saturated carbocycles. The second-order valence-corrected chi connectivity index (χ2v) is 8.46. The number of halogens is 1. The third-order valence-electron chi connectivity index (χ3n) is 6.47. The molecule has 0 bridgehead atoms. The van der Waals surface area contributed by atoms with Gasteiger partial charge in [0.1, 0.15) is 0 Å². The van der Waals surface area contributed by atoms with Gasteiger partial charge in [0.15, 0.2) is 5.96 Å². The summed E-state index contributed by atoms with van der Waals surface area (Å²) in [6.45, 7) is 4.67. The van der Waals surface area contributed by atoms with Gasteiger partial charge in [-0.2, -0.15) is 0 Å². The smallest absolute Gasteiger partial charge is 0.193 e. The van der Waals surface area contributed by atoms with Crippen molar-refractivity contribution >= 4 is 29.9 Å². The fraction of sp³-hybridized carbons (Fsp3) is 0.708. The monoisotopic (exact) mass is 529 g/mol. The third kappa shape index (κ3) is 8.00. The number of likely N-dealkylation sites (tertiary alicyclic amines) is 1. The van der Waals surface area contributed by atoms with Crippen LogP contribution in [0.5, 0.6) is 0 Å². The van der Waals surface area contributed by atoms with Crippen molar-refractivity contribution < 1.29 is 9.47 Å². The third-order valence-corrected chi connectivity index (χ3v) is 6.47. The minimum Gasteiger partial charge on any atom is -0.385 e. The largest absolute Gasteiger partial charge is 0.385 e. The van der Waals surface area contributed by atoms with Crippen LogP contribution in [-0.2, 0) is 9.47 Å². The number of hydrogen-bond donors (Lipinski definition) is 1. The Morgan fingerprint density at radius 2 is 1.73 bits per heavy atom. The molecule has 0 unspecified atom stereocenters. The summed E-state index contributed by atoms with van der Waals surface area (Å²) >= 11 is 0. The Kier molecular flexibility index (Phi) is 12.1. The van der Waals surface area contributed by atoms with Crippen molar-refractivity contribution in [2.45, 2.75) is 57.0 Å². The molecule has 1 aliphatic heterocycles. The van der Waals surface area contributed by atoms with E-state index in [2.05, 4.69) is 45.5 Å². The minimum absolute atomic E-state index is 0. The topological polar surface area (TPSA) is 46.1 Å². The summed E-state index contributed by atoms with van der Waals surface area (Å²) in [5.41, 5.74) is 1.52. The highest BCUT2D eigenvalue weighted by Crippen LogP contribution is 2.35. The number of aliphatic imine (C=N–C) groups is 1. The van der Waals surface area contributed by atoms with Crippen molar-refractivity contribution in [2.24, 2.45) is 10.9 Å². The summed E-state index contributed by atoms with van der Waals surface area (Å²) in [6, 6.07) is 11.0. The van der Waals surface area contributed by atoms with Gasteiger partial charge >= 0.3 is 0 Å². The number of guanidine groups is 1. The van der Waals surface area contributed by atoms with Gasteiger partial charge in [-0.3, -0.25) is 4.99 Å². The van der Waals surface area contributed by atoms with Crippen LogP contribution in [0.15, 0.2) is 35.3 Å². The second kappa shape index (κ2) is 14.2. The SMILES string of the molecule is CN=C(NCC1CCC(c2ccccc2)CC1)N1CCC(OCCCOC)CC1.I. The van der Waals surface area contributed by atoms with E-state index in [4.69, 9.17) is 9.47 Å². The number of hydrogen-bond acceptors (Lipinski definition) is 3. The summed E-state index contributed by atoms with van der Waals surface area (Å²) in [6.07, 6.45) is 8.75. The molecule has 0 spiro atoms. The summed E-state index contributed by atoms with van der Waals surface area (Å²) < 4.78 is 11.1. The lowest BCUT2D eigenvalue weighted by Gasteiger charge is -2.35. The summed E-state index contributed by atoms with van der Waals surface area (Å²) in [7, 11) is 3.65. The highest BCUT2D eigenvalue weighted by Gasteiger charge is 2.25. The first-order chi connectivity index (χ1) is 14.3. The number of benzene rings is 1. The lowest BCUT2D eigenvalue weighted by Crippen LogP contribution is -2.48. The molecular weight excluding hydrogens is 489 g/mol. The van der Waals surface area contributed by atoms with E-state index in [0.29, 0.717) is 6.10 Å². The van der Waals surface area contributed by atoms with Crippen LogP contribution in [0.2, 0.25) is 0 Å². The normalized spacial score (nSPS) is 23.1. The molecule has 1 heterocycles. The van der Waals surface area contributed by atoms with Gasteiger partial charge in [0.2, 0.25) is 0 Å². The number of nitrogens with zero attached hydrogens (tertiary/aromatic N) is 2. The van der Waals surface area contributed by atoms with E-state index in [0.717, 1.165) is 69.9 Å². The van der Waals surface area contributed by atoms with Crippen LogP contribution in [0.1, 0.15) is 56.4 Å². The van der Waals surface area contributed by atoms with Gasteiger partial charge in [-0.1, -0.05) is 30.3 Å². The van der Waals surface area contributed by atoms with Gasteiger partial charge in [-0.15, -0.1) is 24.0 Å². The predicted octanol–water partition coefficient (Wildman–Crippen LogP) is 4.67. The molecule has 0 amide bonds. The zero-order valence-corrected chi connectivity index (χ0v) is 21.1. The molecule has 1 saturated heterocycles. The molecule has 5 nitrogen and oxygen atoms in total. The molecule has 0 radical (unpaired) electrons. The van der Waals surface area contributed by atoms with Crippen LogP contribution in [0.3, 0.4) is 0 Å². The van der Waals surface area contributed by atoms with E-state index >= 15 is 0 Å². The number of piperidine rings is 1. The van der Waals surface area contributed by atoms with Gasteiger partial charge in [0.25, 0.3) is 0 Å². The maximum Gasteiger partial charge on any atom is 0.193 e. The highest BCUT2D eigenvalue weighted by molar-refractivity contribution is 14.0. The number of nitrogens with one attached hydrogen (secondary N) is 1. The first-order valence-electron chi connectivity index (χ1n) is 11.4. The van der Waals surface area contributed by atoms with Gasteiger partial charge < -0.3 is 19.7 Å². The average molecular weight is 530 g/mol. The zero-order chi connectivity index (χ0) is 20.3. The van der Waals surface area contributed by atoms with E-state index in [1.807, 2.05) is 7.05 Å². The maximum atomic E-state index is 5.98. The van der Waals surface area contributed by atoms with E-state index in [1.54, 1.807) is 7.11 Å². The summed E-state index contributed by atoms with van der Waals surface area (Å²) in [5.74, 6) is 2.57. The highest BCUT2D eigenvalue weighted by atomic mass is 127. The second-order valence-electron chi connectivity index (χ2n) is 8.46. The van der Waals surface area contributed by atoms with E-state index < -0.39 is 0 Å². The van der Waals surface area contributed by atoms with Crippen LogP contribution >= 0.6 is 24.0 Å². The first kappa shape index (κ1) is 25.4. The van der Waals surface area contributed by atoms with Gasteiger partial charge in [0.05, 0.1) is 6.10 Å². The van der Waals surface area contributed by atoms with Gasteiger partial charge in [-0.25, -0.2) is 0 Å². The van der Waals surface area contributed by atoms with E-state index in [-0.39, 0.29) is 24.0 Å².